The Hall–Kier alpha value is -5.62. The second-order valence-corrected chi connectivity index (χ2v) is 37.1. The zero-order valence-electron chi connectivity index (χ0n) is 45.2. The van der Waals surface area contributed by atoms with E-state index < -0.39 is 28.3 Å². The molecule has 0 radical (unpaired) electrons. The van der Waals surface area contributed by atoms with E-state index in [-0.39, 0.29) is 0 Å². The molecule has 0 fully saturated rings. The molecule has 9 aromatic carbocycles. The Kier molecular flexibility index (Phi) is 14.0. The van der Waals surface area contributed by atoms with Crippen LogP contribution < -0.4 is 47.7 Å². The fourth-order valence-electron chi connectivity index (χ4n) is 12.9. The molecule has 0 aromatic heterocycles. The number of hydrogen-bond acceptors (Lipinski definition) is 4. The van der Waals surface area contributed by atoms with Crippen LogP contribution >= 0.6 is 28.3 Å². The molecular weight excluding hydrogens is 981 g/mol. The second-order valence-electron chi connectivity index (χ2n) is 21.2. The van der Waals surface area contributed by atoms with Gasteiger partial charge in [-0.1, -0.05) is 0 Å². The molecule has 0 aliphatic heterocycles. The van der Waals surface area contributed by atoms with Gasteiger partial charge in [-0.25, -0.2) is 0 Å². The van der Waals surface area contributed by atoms with Crippen molar-refractivity contribution in [1.29, 1.82) is 0 Å². The average molecular weight is 1050 g/mol. The van der Waals surface area contributed by atoms with Crippen LogP contribution in [0.3, 0.4) is 0 Å². The Morgan fingerprint density at radius 2 is 0.338 bits per heavy atom. The summed E-state index contributed by atoms with van der Waals surface area (Å²) in [7, 11) is -5.27. The van der Waals surface area contributed by atoms with Gasteiger partial charge in [0.25, 0.3) is 0 Å². The van der Waals surface area contributed by atoms with E-state index in [2.05, 4.69) is 301 Å². The van der Waals surface area contributed by atoms with Crippen LogP contribution in [0.2, 0.25) is 0 Å². The van der Waals surface area contributed by atoms with Crippen molar-refractivity contribution in [1.82, 2.24) is 0 Å². The van der Waals surface area contributed by atoms with Gasteiger partial charge in [0, 0.05) is 0 Å². The van der Waals surface area contributed by atoms with Gasteiger partial charge >= 0.3 is 444 Å². The van der Waals surface area contributed by atoms with E-state index in [0.29, 0.717) is 0 Å². The van der Waals surface area contributed by atoms with E-state index in [1.54, 1.807) is 0 Å². The molecule has 0 unspecified atom stereocenters. The van der Waals surface area contributed by atoms with Crippen LogP contribution in [0.1, 0.15) is 50.1 Å². The van der Waals surface area contributed by atoms with Gasteiger partial charge in [0.2, 0.25) is 0 Å². The third kappa shape index (κ3) is 8.17. The Morgan fingerprint density at radius 1 is 0.230 bits per heavy atom. The molecule has 380 valence electrons. The van der Waals surface area contributed by atoms with Gasteiger partial charge in [0.1, 0.15) is 0 Å². The molecular formula is C66H72O4P4. The average Bonchev–Trinajstić information content (AvgIpc) is 3.37. The minimum absolute atomic E-state index is 0.938. The third-order valence-electron chi connectivity index (χ3n) is 16.2. The van der Waals surface area contributed by atoms with Gasteiger partial charge in [-0.05, 0) is 0 Å². The Balaban J connectivity index is 1.60. The van der Waals surface area contributed by atoms with Crippen molar-refractivity contribution in [3.63, 3.8) is 0 Å². The van der Waals surface area contributed by atoms with Crippen molar-refractivity contribution in [2.45, 2.75) is 62.3 Å². The Labute approximate surface area is 441 Å². The van der Waals surface area contributed by atoms with Crippen molar-refractivity contribution < 1.29 is 17.5 Å². The van der Waals surface area contributed by atoms with Crippen molar-refractivity contribution in [2.24, 2.45) is 0 Å². The van der Waals surface area contributed by atoms with Gasteiger partial charge in [-0.2, -0.15) is 0 Å². The quantitative estimate of drug-likeness (QED) is 0.0960. The fraction of sp³-hybridized carbons (Fsp3) is 0.182. The summed E-state index contributed by atoms with van der Waals surface area (Å²) in [4.78, 5) is 0. The van der Waals surface area contributed by atoms with Crippen LogP contribution in [0.5, 0.6) is 0 Å². The molecule has 9 rings (SSSR count). The second kappa shape index (κ2) is 19.5. The molecule has 9 aromatic rings. The van der Waals surface area contributed by atoms with E-state index in [9.17, 15) is 0 Å². The number of benzene rings is 9. The third-order valence-corrected chi connectivity index (χ3v) is 38.4. The van der Waals surface area contributed by atoms with Gasteiger partial charge < -0.3 is 0 Å². The predicted octanol–water partition coefficient (Wildman–Crippen LogP) is 14.1. The van der Waals surface area contributed by atoms with Crippen LogP contribution in [-0.4, -0.2) is 20.0 Å². The molecule has 0 spiro atoms. The Morgan fingerprint density at radius 3 is 0.446 bits per heavy atom. The van der Waals surface area contributed by atoms with Crippen molar-refractivity contribution in [2.75, 3.05) is 20.0 Å². The number of aryl methyl sites for hydroxylation is 9. The first-order valence-electron chi connectivity index (χ1n) is 25.6. The molecule has 0 heterocycles. The molecule has 0 saturated heterocycles. The predicted molar refractivity (Wildman–Crippen MR) is 327 cm³/mol. The van der Waals surface area contributed by atoms with Crippen LogP contribution in [0.15, 0.2) is 218 Å². The van der Waals surface area contributed by atoms with Gasteiger partial charge in [-0.15, -0.1) is 0 Å². The minimum atomic E-state index is -5.27. The maximum atomic E-state index is 19.5. The number of phosphoric acid groups is 1. The molecule has 4 nitrogen and oxygen atoms in total. The fourth-order valence-corrected chi connectivity index (χ4v) is 37.9. The topological polar surface area (TPSA) is 44.8 Å². The van der Waals surface area contributed by atoms with E-state index in [0.717, 1.165) is 97.8 Å². The van der Waals surface area contributed by atoms with E-state index in [4.69, 9.17) is 12.9 Å². The zero-order chi connectivity index (χ0) is 52.8. The standard InChI is InChI=1S/C66H72O4P4/c1-49-31-13-22-40-58(49)72(10,59-41-23-14-32-50(59)2,60-42-24-15-33-51(60)3)68-71(67,69-73(11,61-43-25-16-34-52(61)4,62-44-26-17-35-53(62)5)63-45-27-18-36-54(63)6)70-74(12,64-46-28-19-37-55(64)7,65-47-29-20-38-56(65)8)66-48-30-21-39-57(66)9/h13-48H,1-12H3. The molecule has 0 bridgehead atoms. The van der Waals surface area contributed by atoms with Crippen LogP contribution in [0.4, 0.5) is 0 Å². The first-order chi connectivity index (χ1) is 35.2. The maximum absolute atomic E-state index is 19.5. The van der Waals surface area contributed by atoms with Gasteiger partial charge in [0.05, 0.1) is 0 Å². The molecule has 0 aliphatic rings. The summed E-state index contributed by atoms with van der Waals surface area (Å²) in [6.45, 7) is 12.0. The summed E-state index contributed by atoms with van der Waals surface area (Å²) in [5.41, 5.74) is 9.02. The first kappa shape index (κ1) is 53.2. The van der Waals surface area contributed by atoms with Crippen molar-refractivity contribution in [3.8, 4) is 0 Å². The monoisotopic (exact) mass is 1050 g/mol. The summed E-state index contributed by atoms with van der Waals surface area (Å²) in [6, 6.07) is 76.4. The number of hydrogen-bond donors (Lipinski definition) is 0. The molecule has 0 amide bonds. The molecule has 0 aliphatic carbocycles. The Bertz CT molecular complexity index is 2940. The van der Waals surface area contributed by atoms with Crippen LogP contribution in [0, 0.1) is 62.3 Å². The number of rotatable bonds is 15. The summed E-state index contributed by atoms with van der Waals surface area (Å²) in [6.07, 6.45) is 0. The van der Waals surface area contributed by atoms with Crippen LogP contribution in [0.25, 0.3) is 0 Å². The summed E-state index contributed by atoms with van der Waals surface area (Å²) in [5, 5.41) is 8.44. The molecule has 0 saturated carbocycles. The van der Waals surface area contributed by atoms with Gasteiger partial charge in [-0.3, -0.25) is 0 Å². The van der Waals surface area contributed by atoms with Crippen LogP contribution in [-0.2, 0) is 17.5 Å². The van der Waals surface area contributed by atoms with E-state index in [1.807, 2.05) is 0 Å². The molecule has 0 atom stereocenters. The van der Waals surface area contributed by atoms with E-state index in [1.165, 1.54) is 0 Å². The van der Waals surface area contributed by atoms with Gasteiger partial charge in [0.15, 0.2) is 0 Å². The zero-order valence-corrected chi connectivity index (χ0v) is 48.8. The van der Waals surface area contributed by atoms with Crippen molar-refractivity contribution >= 4 is 76.1 Å². The molecule has 8 heteroatoms. The summed E-state index contributed by atoms with van der Waals surface area (Å²) >= 11 is 0. The van der Waals surface area contributed by atoms with Crippen molar-refractivity contribution in [3.05, 3.63) is 268 Å². The summed E-state index contributed by atoms with van der Waals surface area (Å²) < 4.78 is 45.7. The SMILES string of the molecule is Cc1ccccc1P(C)(OP(=O)(OP(C)(c1ccccc1C)(c1ccccc1C)c1ccccc1C)OP(C)(c1ccccc1C)(c1ccccc1C)c1ccccc1C)(c1ccccc1C)c1ccccc1C. The molecule has 74 heavy (non-hydrogen) atoms. The van der Waals surface area contributed by atoms with E-state index >= 15 is 4.57 Å². The molecule has 0 N–H and O–H groups in total. The normalized spacial score (nSPS) is 14.6. The summed E-state index contributed by atoms with van der Waals surface area (Å²) in [5.74, 6) is 0. The first-order valence-corrected chi connectivity index (χ1v) is 34.8.